The van der Waals surface area contributed by atoms with Gasteiger partial charge in [0, 0.05) is 6.54 Å². The molecule has 0 heterocycles. The van der Waals surface area contributed by atoms with Crippen LogP contribution in [0.1, 0.15) is 5.56 Å². The van der Waals surface area contributed by atoms with Gasteiger partial charge in [-0.3, -0.25) is 0 Å². The normalized spacial score (nSPS) is 10.7. The average molecular weight is 266 g/mol. The van der Waals surface area contributed by atoms with Crippen molar-refractivity contribution in [3.8, 4) is 0 Å². The number of rotatable bonds is 3. The molecule has 0 bridgehead atoms. The summed E-state index contributed by atoms with van der Waals surface area (Å²) < 4.78 is 13.3. The first-order valence-corrected chi connectivity index (χ1v) is 6.49. The number of halogens is 1. The summed E-state index contributed by atoms with van der Waals surface area (Å²) in [5, 5.41) is 5.57. The topological polar surface area (TPSA) is 38.0 Å². The van der Waals surface area contributed by atoms with Crippen molar-refractivity contribution in [3.63, 3.8) is 0 Å². The van der Waals surface area contributed by atoms with Crippen molar-refractivity contribution in [1.29, 1.82) is 0 Å². The molecule has 3 rings (SSSR count). The quantitative estimate of drug-likeness (QED) is 0.698. The van der Waals surface area contributed by atoms with Gasteiger partial charge in [0.2, 0.25) is 0 Å². The molecule has 0 aliphatic rings. The number of para-hydroxylation sites is 1. The summed E-state index contributed by atoms with van der Waals surface area (Å²) in [5.74, 6) is -0.395. The van der Waals surface area contributed by atoms with E-state index in [1.54, 1.807) is 12.1 Å². The van der Waals surface area contributed by atoms with Gasteiger partial charge in [-0.2, -0.15) is 0 Å². The molecule has 100 valence electrons. The smallest absolute Gasteiger partial charge is 0.148 e. The maximum atomic E-state index is 13.3. The summed E-state index contributed by atoms with van der Waals surface area (Å²) in [6.07, 6.45) is 0. The first-order chi connectivity index (χ1) is 9.74. The SMILES string of the molecule is Nc1c(F)cccc1NCc1ccc2ccccc2c1. The third kappa shape index (κ3) is 2.43. The highest BCUT2D eigenvalue weighted by atomic mass is 19.1. The largest absolute Gasteiger partial charge is 0.395 e. The van der Waals surface area contributed by atoms with Gasteiger partial charge < -0.3 is 11.1 Å². The van der Waals surface area contributed by atoms with Crippen LogP contribution in [0.2, 0.25) is 0 Å². The summed E-state index contributed by atoms with van der Waals surface area (Å²) in [6.45, 7) is 0.610. The minimum atomic E-state index is -0.395. The van der Waals surface area contributed by atoms with Gasteiger partial charge in [0.1, 0.15) is 5.82 Å². The van der Waals surface area contributed by atoms with Gasteiger partial charge in [-0.15, -0.1) is 0 Å². The molecular formula is C17H15FN2. The summed E-state index contributed by atoms with van der Waals surface area (Å²) in [6, 6.07) is 19.2. The number of nitrogens with two attached hydrogens (primary N) is 1. The van der Waals surface area contributed by atoms with E-state index in [1.165, 1.54) is 16.8 Å². The predicted octanol–water partition coefficient (Wildman–Crippen LogP) is 4.17. The van der Waals surface area contributed by atoms with Crippen molar-refractivity contribution in [2.45, 2.75) is 6.54 Å². The lowest BCUT2D eigenvalue weighted by atomic mass is 10.1. The van der Waals surface area contributed by atoms with E-state index < -0.39 is 5.82 Å². The second-order valence-electron chi connectivity index (χ2n) is 4.74. The molecule has 3 N–H and O–H groups in total. The zero-order valence-electron chi connectivity index (χ0n) is 10.9. The Balaban J connectivity index is 1.81. The molecule has 20 heavy (non-hydrogen) atoms. The zero-order valence-corrected chi connectivity index (χ0v) is 10.9. The molecule has 0 atom stereocenters. The Labute approximate surface area is 117 Å². The maximum absolute atomic E-state index is 13.3. The molecule has 3 aromatic rings. The molecule has 0 aromatic heterocycles. The van der Waals surface area contributed by atoms with Gasteiger partial charge in [-0.05, 0) is 34.5 Å². The van der Waals surface area contributed by atoms with Crippen molar-refractivity contribution in [3.05, 3.63) is 72.0 Å². The van der Waals surface area contributed by atoms with Crippen LogP contribution < -0.4 is 11.1 Å². The molecular weight excluding hydrogens is 251 g/mol. The Morgan fingerprint density at radius 2 is 1.70 bits per heavy atom. The molecule has 0 aliphatic heterocycles. The summed E-state index contributed by atoms with van der Waals surface area (Å²) >= 11 is 0. The van der Waals surface area contributed by atoms with Crippen LogP contribution in [-0.2, 0) is 6.54 Å². The molecule has 3 aromatic carbocycles. The second-order valence-corrected chi connectivity index (χ2v) is 4.74. The zero-order chi connectivity index (χ0) is 13.9. The maximum Gasteiger partial charge on any atom is 0.148 e. The van der Waals surface area contributed by atoms with Crippen LogP contribution >= 0.6 is 0 Å². The fourth-order valence-corrected chi connectivity index (χ4v) is 2.24. The molecule has 0 spiro atoms. The van der Waals surface area contributed by atoms with E-state index in [1.807, 2.05) is 12.1 Å². The molecule has 0 saturated heterocycles. The highest BCUT2D eigenvalue weighted by Crippen LogP contribution is 2.22. The molecule has 0 aliphatic carbocycles. The highest BCUT2D eigenvalue weighted by molar-refractivity contribution is 5.83. The minimum absolute atomic E-state index is 0.160. The van der Waals surface area contributed by atoms with E-state index in [4.69, 9.17) is 5.73 Å². The number of anilines is 2. The van der Waals surface area contributed by atoms with Crippen LogP contribution in [0.5, 0.6) is 0 Å². The number of hydrogen-bond donors (Lipinski definition) is 2. The van der Waals surface area contributed by atoms with E-state index in [0.717, 1.165) is 5.56 Å². The Hall–Kier alpha value is -2.55. The summed E-state index contributed by atoms with van der Waals surface area (Å²) in [5.41, 5.74) is 7.62. The third-order valence-electron chi connectivity index (χ3n) is 3.35. The molecule has 0 fully saturated rings. The lowest BCUT2D eigenvalue weighted by Gasteiger charge is -2.10. The van der Waals surface area contributed by atoms with Gasteiger partial charge in [0.15, 0.2) is 0 Å². The fraction of sp³-hybridized carbons (Fsp3) is 0.0588. The molecule has 0 saturated carbocycles. The molecule has 0 unspecified atom stereocenters. The van der Waals surface area contributed by atoms with Gasteiger partial charge in [-0.1, -0.05) is 42.5 Å². The molecule has 3 heteroatoms. The van der Waals surface area contributed by atoms with Crippen molar-refractivity contribution < 1.29 is 4.39 Å². The Bertz CT molecular complexity index is 753. The van der Waals surface area contributed by atoms with Crippen molar-refractivity contribution in [2.24, 2.45) is 0 Å². The van der Waals surface area contributed by atoms with E-state index in [-0.39, 0.29) is 5.69 Å². The van der Waals surface area contributed by atoms with Crippen LogP contribution in [0.25, 0.3) is 10.8 Å². The van der Waals surface area contributed by atoms with Crippen LogP contribution in [0.4, 0.5) is 15.8 Å². The standard InChI is InChI=1S/C17H15FN2/c18-15-6-3-7-16(17(15)19)20-11-12-8-9-13-4-1-2-5-14(13)10-12/h1-10,20H,11,19H2. The number of hydrogen-bond acceptors (Lipinski definition) is 2. The summed E-state index contributed by atoms with van der Waals surface area (Å²) in [7, 11) is 0. The van der Waals surface area contributed by atoms with Gasteiger partial charge >= 0.3 is 0 Å². The second kappa shape index (κ2) is 5.21. The number of benzene rings is 3. The number of fused-ring (bicyclic) bond motifs is 1. The Morgan fingerprint density at radius 1 is 0.900 bits per heavy atom. The Kier molecular flexibility index (Phi) is 3.25. The highest BCUT2D eigenvalue weighted by Gasteiger charge is 2.04. The molecule has 0 radical (unpaired) electrons. The third-order valence-corrected chi connectivity index (χ3v) is 3.35. The summed E-state index contributed by atoms with van der Waals surface area (Å²) in [4.78, 5) is 0. The minimum Gasteiger partial charge on any atom is -0.395 e. The first-order valence-electron chi connectivity index (χ1n) is 6.49. The monoisotopic (exact) mass is 266 g/mol. The fourth-order valence-electron chi connectivity index (χ4n) is 2.24. The predicted molar refractivity (Wildman–Crippen MR) is 82.1 cm³/mol. The van der Waals surface area contributed by atoms with Crippen LogP contribution in [-0.4, -0.2) is 0 Å². The van der Waals surface area contributed by atoms with E-state index >= 15 is 0 Å². The first kappa shape index (κ1) is 12.5. The lowest BCUT2D eigenvalue weighted by Crippen LogP contribution is -2.03. The number of nitrogen functional groups attached to an aromatic ring is 1. The van der Waals surface area contributed by atoms with Gasteiger partial charge in [0.25, 0.3) is 0 Å². The van der Waals surface area contributed by atoms with Crippen molar-refractivity contribution in [2.75, 3.05) is 11.1 Å². The van der Waals surface area contributed by atoms with E-state index in [0.29, 0.717) is 12.2 Å². The van der Waals surface area contributed by atoms with E-state index in [2.05, 4.69) is 35.6 Å². The molecule has 0 amide bonds. The van der Waals surface area contributed by atoms with Crippen LogP contribution in [0.3, 0.4) is 0 Å². The number of nitrogens with one attached hydrogen (secondary N) is 1. The molecule has 2 nitrogen and oxygen atoms in total. The van der Waals surface area contributed by atoms with Crippen molar-refractivity contribution in [1.82, 2.24) is 0 Å². The van der Waals surface area contributed by atoms with Gasteiger partial charge in [-0.25, -0.2) is 4.39 Å². The van der Waals surface area contributed by atoms with E-state index in [9.17, 15) is 4.39 Å². The lowest BCUT2D eigenvalue weighted by molar-refractivity contribution is 0.633. The van der Waals surface area contributed by atoms with Gasteiger partial charge in [0.05, 0.1) is 11.4 Å². The Morgan fingerprint density at radius 3 is 2.55 bits per heavy atom. The van der Waals surface area contributed by atoms with Crippen LogP contribution in [0.15, 0.2) is 60.7 Å². The van der Waals surface area contributed by atoms with Crippen molar-refractivity contribution >= 4 is 22.1 Å². The average Bonchev–Trinajstić information content (AvgIpc) is 2.48. The van der Waals surface area contributed by atoms with Crippen LogP contribution in [0, 0.1) is 5.82 Å².